The number of esters is 1. The fourth-order valence-corrected chi connectivity index (χ4v) is 11.4. The van der Waals surface area contributed by atoms with Crippen LogP contribution in [0.1, 0.15) is 71.8 Å². The zero-order valence-corrected chi connectivity index (χ0v) is 30.4. The van der Waals surface area contributed by atoms with Crippen molar-refractivity contribution in [2.45, 2.75) is 102 Å². The van der Waals surface area contributed by atoms with Crippen molar-refractivity contribution in [1.29, 1.82) is 0 Å². The molecule has 0 radical (unpaired) electrons. The zero-order valence-electron chi connectivity index (χ0n) is 29.4. The molecule has 1 aliphatic heterocycles. The van der Waals surface area contributed by atoms with E-state index in [0.717, 1.165) is 23.3 Å². The summed E-state index contributed by atoms with van der Waals surface area (Å²) in [6.07, 6.45) is 1.70. The zero-order chi connectivity index (χ0) is 34.6. The molecule has 7 nitrogen and oxygen atoms in total. The molecule has 4 atom stereocenters. The van der Waals surface area contributed by atoms with Crippen molar-refractivity contribution < 1.29 is 33.3 Å². The maximum atomic E-state index is 11.9. The second-order valence-corrected chi connectivity index (χ2v) is 18.1. The SMILES string of the molecule is C=C1CC(C[C@@H](O)CC(=O)OCC)OC(C[C@H](CCO[Si](c2ccccc2)(c2ccccc2)C(C)(C)C)OCc2ccc(OC)cc2)C1. The smallest absolute Gasteiger partial charge is 0.308 e. The highest BCUT2D eigenvalue weighted by Crippen LogP contribution is 2.37. The van der Waals surface area contributed by atoms with Crippen molar-refractivity contribution in [1.82, 2.24) is 0 Å². The summed E-state index contributed by atoms with van der Waals surface area (Å²) in [6.45, 7) is 14.2. The lowest BCUT2D eigenvalue weighted by Crippen LogP contribution is -2.66. The van der Waals surface area contributed by atoms with Crippen molar-refractivity contribution in [3.8, 4) is 5.75 Å². The number of hydrogen-bond acceptors (Lipinski definition) is 7. The van der Waals surface area contributed by atoms with Crippen molar-refractivity contribution in [2.75, 3.05) is 20.3 Å². The van der Waals surface area contributed by atoms with E-state index >= 15 is 0 Å². The number of aliphatic hydroxyl groups excluding tert-OH is 1. The average molecular weight is 675 g/mol. The Morgan fingerprint density at radius 3 is 2.06 bits per heavy atom. The Hall–Kier alpha value is -3.27. The molecule has 0 saturated carbocycles. The van der Waals surface area contributed by atoms with Gasteiger partial charge in [0.1, 0.15) is 5.75 Å². The Morgan fingerprint density at radius 2 is 1.52 bits per heavy atom. The predicted octanol–water partition coefficient (Wildman–Crippen LogP) is 6.75. The van der Waals surface area contributed by atoms with Gasteiger partial charge in [0.15, 0.2) is 0 Å². The van der Waals surface area contributed by atoms with Crippen LogP contribution in [-0.2, 0) is 30.0 Å². The van der Waals surface area contributed by atoms with E-state index in [9.17, 15) is 9.90 Å². The summed E-state index contributed by atoms with van der Waals surface area (Å²) in [5.74, 6) is 0.406. The highest BCUT2D eigenvalue weighted by Gasteiger charge is 2.50. The summed E-state index contributed by atoms with van der Waals surface area (Å²) >= 11 is 0. The molecule has 1 saturated heterocycles. The second kappa shape index (κ2) is 17.9. The molecule has 3 aromatic carbocycles. The van der Waals surface area contributed by atoms with Crippen LogP contribution in [0.15, 0.2) is 97.1 Å². The Morgan fingerprint density at radius 1 is 0.938 bits per heavy atom. The molecular formula is C40H54O7Si. The first kappa shape index (κ1) is 37.5. The van der Waals surface area contributed by atoms with Crippen LogP contribution in [0.25, 0.3) is 0 Å². The summed E-state index contributed by atoms with van der Waals surface area (Å²) in [5, 5.41) is 13.0. The van der Waals surface area contributed by atoms with Gasteiger partial charge < -0.3 is 28.5 Å². The molecule has 3 aromatic rings. The summed E-state index contributed by atoms with van der Waals surface area (Å²) in [5.41, 5.74) is 2.14. The molecule has 48 heavy (non-hydrogen) atoms. The van der Waals surface area contributed by atoms with E-state index in [0.29, 0.717) is 45.5 Å². The average Bonchev–Trinajstić information content (AvgIpc) is 3.05. The van der Waals surface area contributed by atoms with Crippen LogP contribution in [0.2, 0.25) is 5.04 Å². The van der Waals surface area contributed by atoms with Crippen LogP contribution < -0.4 is 15.1 Å². The molecular weight excluding hydrogens is 621 g/mol. The lowest BCUT2D eigenvalue weighted by molar-refractivity contribution is -0.146. The number of ether oxygens (including phenoxy) is 4. The molecule has 1 aliphatic rings. The second-order valence-electron chi connectivity index (χ2n) is 13.8. The number of methoxy groups -OCH3 is 1. The lowest BCUT2D eigenvalue weighted by Gasteiger charge is -2.43. The standard InChI is InChI=1S/C40H54O7Si/c1-7-44-39(42)27-32(41)26-35-24-30(2)25-36(47-35)28-34(45-29-31-18-20-33(43-6)21-19-31)22-23-46-48(40(3,4)5,37-14-10-8-11-15-37)38-16-12-9-13-17-38/h8-21,32,34-36,41H,2,7,22-29H2,1,3-6H3/t32-,34+,35?,36?/m1/s1. The van der Waals surface area contributed by atoms with Gasteiger partial charge in [-0.1, -0.05) is 106 Å². The maximum Gasteiger partial charge on any atom is 0.308 e. The molecule has 1 heterocycles. The van der Waals surface area contributed by atoms with Crippen LogP contribution in [0.3, 0.4) is 0 Å². The third kappa shape index (κ3) is 10.4. The van der Waals surface area contributed by atoms with E-state index in [-0.39, 0.29) is 29.8 Å². The van der Waals surface area contributed by atoms with E-state index in [1.54, 1.807) is 14.0 Å². The minimum Gasteiger partial charge on any atom is -0.497 e. The Balaban J connectivity index is 1.52. The molecule has 0 aliphatic carbocycles. The largest absolute Gasteiger partial charge is 0.497 e. The third-order valence-electron chi connectivity index (χ3n) is 9.01. The molecule has 1 N–H and O–H groups in total. The molecule has 8 heteroatoms. The number of carbonyl (C=O) groups excluding carboxylic acids is 1. The molecule has 0 bridgehead atoms. The molecule has 0 aromatic heterocycles. The minimum atomic E-state index is -2.71. The fraction of sp³-hybridized carbons (Fsp3) is 0.475. The van der Waals surface area contributed by atoms with Crippen LogP contribution in [0.4, 0.5) is 0 Å². The molecule has 260 valence electrons. The van der Waals surface area contributed by atoms with Crippen LogP contribution in [0, 0.1) is 0 Å². The normalized spacial score (nSPS) is 18.2. The van der Waals surface area contributed by atoms with E-state index in [1.165, 1.54) is 10.4 Å². The summed E-state index contributed by atoms with van der Waals surface area (Å²) < 4.78 is 30.7. The van der Waals surface area contributed by atoms with E-state index in [2.05, 4.69) is 88.0 Å². The van der Waals surface area contributed by atoms with Gasteiger partial charge in [0.25, 0.3) is 8.32 Å². The van der Waals surface area contributed by atoms with Gasteiger partial charge in [0.2, 0.25) is 0 Å². The number of aliphatic hydroxyl groups is 1. The molecule has 1 fully saturated rings. The third-order valence-corrected chi connectivity index (χ3v) is 14.0. The Kier molecular flexibility index (Phi) is 14.0. The van der Waals surface area contributed by atoms with Gasteiger partial charge in [0, 0.05) is 19.4 Å². The Bertz CT molecular complexity index is 1370. The summed E-state index contributed by atoms with van der Waals surface area (Å²) in [4.78, 5) is 11.9. The lowest BCUT2D eigenvalue weighted by atomic mass is 9.92. The van der Waals surface area contributed by atoms with Crippen molar-refractivity contribution in [3.05, 3.63) is 103 Å². The first-order valence-electron chi connectivity index (χ1n) is 17.2. The van der Waals surface area contributed by atoms with Gasteiger partial charge in [-0.25, -0.2) is 0 Å². The van der Waals surface area contributed by atoms with Gasteiger partial charge >= 0.3 is 5.97 Å². The number of rotatable bonds is 17. The molecule has 0 amide bonds. The van der Waals surface area contributed by atoms with Gasteiger partial charge in [-0.3, -0.25) is 4.79 Å². The number of hydrogen-bond donors (Lipinski definition) is 1. The monoisotopic (exact) mass is 674 g/mol. The molecule has 2 unspecified atom stereocenters. The maximum absolute atomic E-state index is 11.9. The summed E-state index contributed by atoms with van der Waals surface area (Å²) in [7, 11) is -1.05. The minimum absolute atomic E-state index is 0.0436. The first-order chi connectivity index (χ1) is 23.0. The van der Waals surface area contributed by atoms with Crippen LogP contribution in [0.5, 0.6) is 5.75 Å². The van der Waals surface area contributed by atoms with Crippen LogP contribution in [-0.4, -0.2) is 64.1 Å². The fourth-order valence-electron chi connectivity index (χ4n) is 6.78. The van der Waals surface area contributed by atoms with Crippen molar-refractivity contribution in [3.63, 3.8) is 0 Å². The van der Waals surface area contributed by atoms with Crippen LogP contribution >= 0.6 is 0 Å². The highest BCUT2D eigenvalue weighted by molar-refractivity contribution is 6.99. The van der Waals surface area contributed by atoms with Crippen molar-refractivity contribution >= 4 is 24.7 Å². The highest BCUT2D eigenvalue weighted by atomic mass is 28.4. The number of carbonyl (C=O) groups is 1. The van der Waals surface area contributed by atoms with Gasteiger partial charge in [-0.2, -0.15) is 0 Å². The predicted molar refractivity (Wildman–Crippen MR) is 193 cm³/mol. The van der Waals surface area contributed by atoms with Gasteiger partial charge in [-0.15, -0.1) is 0 Å². The van der Waals surface area contributed by atoms with E-state index in [4.69, 9.17) is 23.4 Å². The molecule has 0 spiro atoms. The summed E-state index contributed by atoms with van der Waals surface area (Å²) in [6, 6.07) is 29.3. The quantitative estimate of drug-likeness (QED) is 0.0965. The topological polar surface area (TPSA) is 83.5 Å². The molecule has 4 rings (SSSR count). The Labute approximate surface area is 288 Å². The van der Waals surface area contributed by atoms with Crippen molar-refractivity contribution in [2.24, 2.45) is 0 Å². The van der Waals surface area contributed by atoms with E-state index < -0.39 is 20.4 Å². The van der Waals surface area contributed by atoms with E-state index in [1.807, 2.05) is 24.3 Å². The number of benzene rings is 3. The first-order valence-corrected chi connectivity index (χ1v) is 19.1. The van der Waals surface area contributed by atoms with Gasteiger partial charge in [-0.05, 0) is 59.3 Å². The van der Waals surface area contributed by atoms with Gasteiger partial charge in [0.05, 0.1) is 51.2 Å².